The molecule has 0 aliphatic carbocycles. The number of carbonyl (C=O) groups is 1. The first-order valence-electron chi connectivity index (χ1n) is 11.8. The summed E-state index contributed by atoms with van der Waals surface area (Å²) < 4.78 is 59.2. The van der Waals surface area contributed by atoms with Crippen molar-refractivity contribution in [3.8, 4) is 5.75 Å². The summed E-state index contributed by atoms with van der Waals surface area (Å²) in [6.07, 6.45) is -2.02. The van der Waals surface area contributed by atoms with Crippen molar-refractivity contribution in [3.05, 3.63) is 69.1 Å². The van der Waals surface area contributed by atoms with Crippen LogP contribution in [0.4, 0.5) is 35.0 Å². The molecule has 0 unspecified atom stereocenters. The molecule has 9 nitrogen and oxygen atoms in total. The average Bonchev–Trinajstić information content (AvgIpc) is 2.91. The number of hydrogen-bond acceptors (Lipinski definition) is 8. The molecule has 3 N–H and O–H groups in total. The number of hydrogen-bond donors (Lipinski definition) is 3. The lowest BCUT2D eigenvalue weighted by Crippen LogP contribution is -2.37. The first kappa shape index (κ1) is 28.2. The van der Waals surface area contributed by atoms with Crippen molar-refractivity contribution in [1.29, 1.82) is 0 Å². The number of anilines is 3. The molecule has 4 rings (SSSR count). The standard InChI is InChI=1S/C25H23BrF4N6O3/c1-2-14-10-18(26)20(23(38)33-16-5-3-4-15(11-16)25(28,29)30)17(21(14)37)12-32-35-24-31-13-19(27)22(34-24)36-6-8-39-9-7-36/h3-5,10-13,37H,2,6-9H2,1H3,(H,33,38)(H,31,34,35)/b32-12-. The molecule has 39 heavy (non-hydrogen) atoms. The smallest absolute Gasteiger partial charge is 0.416 e. The first-order chi connectivity index (χ1) is 18.6. The topological polar surface area (TPSA) is 112 Å². The molecule has 0 saturated carbocycles. The molecule has 14 heteroatoms. The van der Waals surface area contributed by atoms with E-state index in [0.29, 0.717) is 38.3 Å². The second-order valence-corrected chi connectivity index (χ2v) is 9.23. The van der Waals surface area contributed by atoms with Crippen molar-refractivity contribution in [2.24, 2.45) is 5.10 Å². The van der Waals surface area contributed by atoms with E-state index < -0.39 is 23.5 Å². The fourth-order valence-corrected chi connectivity index (χ4v) is 4.54. The molecule has 2 heterocycles. The van der Waals surface area contributed by atoms with E-state index in [1.54, 1.807) is 17.9 Å². The molecule has 1 amide bonds. The van der Waals surface area contributed by atoms with Crippen molar-refractivity contribution in [2.45, 2.75) is 19.5 Å². The Morgan fingerprint density at radius 2 is 2.03 bits per heavy atom. The Morgan fingerprint density at radius 3 is 2.72 bits per heavy atom. The summed E-state index contributed by atoms with van der Waals surface area (Å²) in [5, 5.41) is 17.3. The lowest BCUT2D eigenvalue weighted by atomic mass is 10.0. The molecular weight excluding hydrogens is 588 g/mol. The van der Waals surface area contributed by atoms with Crippen molar-refractivity contribution in [3.63, 3.8) is 0 Å². The third kappa shape index (κ3) is 6.63. The average molecular weight is 611 g/mol. The van der Waals surface area contributed by atoms with E-state index in [1.165, 1.54) is 12.1 Å². The Morgan fingerprint density at radius 1 is 1.28 bits per heavy atom. The maximum Gasteiger partial charge on any atom is 0.416 e. The molecule has 0 radical (unpaired) electrons. The molecule has 0 spiro atoms. The number of carbonyl (C=O) groups excluding carboxylic acids is 1. The SMILES string of the molecule is CCc1cc(Br)c(C(=O)Nc2cccc(C(F)(F)F)c2)c(/C=N\Nc2ncc(F)c(N3CCOCC3)n2)c1O. The number of hydrazone groups is 1. The Hall–Kier alpha value is -3.78. The number of ether oxygens (including phenoxy) is 1. The van der Waals surface area contributed by atoms with E-state index in [1.807, 2.05) is 0 Å². The van der Waals surface area contributed by atoms with Crippen LogP contribution in [0.5, 0.6) is 5.75 Å². The van der Waals surface area contributed by atoms with Gasteiger partial charge in [0.15, 0.2) is 11.6 Å². The fourth-order valence-electron chi connectivity index (χ4n) is 3.87. The zero-order valence-corrected chi connectivity index (χ0v) is 22.1. The molecule has 1 aliphatic rings. The van der Waals surface area contributed by atoms with E-state index >= 15 is 0 Å². The monoisotopic (exact) mass is 610 g/mol. The van der Waals surface area contributed by atoms with Gasteiger partial charge in [0.05, 0.1) is 42.3 Å². The molecule has 1 aromatic heterocycles. The summed E-state index contributed by atoms with van der Waals surface area (Å²) in [5.41, 5.74) is 1.97. The molecule has 3 aromatic rings. The molecule has 0 atom stereocenters. The minimum Gasteiger partial charge on any atom is -0.507 e. The maximum absolute atomic E-state index is 14.3. The molecule has 1 fully saturated rings. The highest BCUT2D eigenvalue weighted by Crippen LogP contribution is 2.34. The van der Waals surface area contributed by atoms with Crippen LogP contribution in [0.3, 0.4) is 0 Å². The maximum atomic E-state index is 14.3. The largest absolute Gasteiger partial charge is 0.507 e. The molecule has 2 aromatic carbocycles. The van der Waals surface area contributed by atoms with Gasteiger partial charge in [0.25, 0.3) is 5.91 Å². The predicted octanol–water partition coefficient (Wildman–Crippen LogP) is 5.20. The summed E-state index contributed by atoms with van der Waals surface area (Å²) in [4.78, 5) is 22.9. The Kier molecular flexibility index (Phi) is 8.65. The van der Waals surface area contributed by atoms with E-state index in [4.69, 9.17) is 4.74 Å². The number of morpholine rings is 1. The van der Waals surface area contributed by atoms with Gasteiger partial charge in [-0.25, -0.2) is 14.8 Å². The van der Waals surface area contributed by atoms with Gasteiger partial charge < -0.3 is 20.1 Å². The number of amides is 1. The van der Waals surface area contributed by atoms with Gasteiger partial charge in [-0.15, -0.1) is 0 Å². The minimum atomic E-state index is -4.59. The summed E-state index contributed by atoms with van der Waals surface area (Å²) in [5.74, 6) is -1.60. The Balaban J connectivity index is 1.62. The number of aromatic nitrogens is 2. The lowest BCUT2D eigenvalue weighted by molar-refractivity contribution is -0.137. The van der Waals surface area contributed by atoms with Crippen LogP contribution in [0.2, 0.25) is 0 Å². The number of rotatable bonds is 7. The van der Waals surface area contributed by atoms with Crippen LogP contribution >= 0.6 is 15.9 Å². The second-order valence-electron chi connectivity index (χ2n) is 8.38. The Bertz CT molecular complexity index is 1400. The Labute approximate surface area is 229 Å². The first-order valence-corrected chi connectivity index (χ1v) is 12.5. The number of nitrogens with zero attached hydrogens (tertiary/aromatic N) is 4. The number of aryl methyl sites for hydroxylation is 1. The number of alkyl halides is 3. The molecule has 206 valence electrons. The zero-order valence-electron chi connectivity index (χ0n) is 20.5. The summed E-state index contributed by atoms with van der Waals surface area (Å²) >= 11 is 3.32. The van der Waals surface area contributed by atoms with Crippen molar-refractivity contribution < 1.29 is 32.2 Å². The van der Waals surface area contributed by atoms with E-state index in [-0.39, 0.29) is 38.8 Å². The van der Waals surface area contributed by atoms with Crippen LogP contribution in [0, 0.1) is 5.82 Å². The van der Waals surface area contributed by atoms with Crippen molar-refractivity contribution in [2.75, 3.05) is 41.9 Å². The number of nitrogens with one attached hydrogen (secondary N) is 2. The van der Waals surface area contributed by atoms with Crippen LogP contribution in [0.1, 0.15) is 34.0 Å². The third-order valence-corrected chi connectivity index (χ3v) is 6.44. The summed E-state index contributed by atoms with van der Waals surface area (Å²) in [6.45, 7) is 3.55. The van der Waals surface area contributed by atoms with Crippen molar-refractivity contribution >= 4 is 45.5 Å². The minimum absolute atomic E-state index is 0.00582. The van der Waals surface area contributed by atoms with E-state index in [2.05, 4.69) is 41.7 Å². The normalized spacial score (nSPS) is 14.1. The van der Waals surface area contributed by atoms with Gasteiger partial charge >= 0.3 is 6.18 Å². The van der Waals surface area contributed by atoms with E-state index in [9.17, 15) is 27.5 Å². The molecule has 1 aliphatic heterocycles. The van der Waals surface area contributed by atoms with Gasteiger partial charge in [0.2, 0.25) is 5.95 Å². The van der Waals surface area contributed by atoms with Crippen LogP contribution < -0.4 is 15.6 Å². The van der Waals surface area contributed by atoms with Gasteiger partial charge in [0, 0.05) is 23.2 Å². The molecule has 1 saturated heterocycles. The van der Waals surface area contributed by atoms with Gasteiger partial charge in [-0.05, 0) is 52.2 Å². The quantitative estimate of drug-likeness (QED) is 0.191. The van der Waals surface area contributed by atoms with E-state index in [0.717, 1.165) is 24.5 Å². The van der Waals surface area contributed by atoms with Crippen LogP contribution in [0.25, 0.3) is 0 Å². The summed E-state index contributed by atoms with van der Waals surface area (Å²) in [7, 11) is 0. The van der Waals surface area contributed by atoms with Crippen molar-refractivity contribution in [1.82, 2.24) is 9.97 Å². The van der Waals surface area contributed by atoms with Crippen LogP contribution in [-0.2, 0) is 17.3 Å². The van der Waals surface area contributed by atoms with Gasteiger partial charge in [-0.1, -0.05) is 13.0 Å². The predicted molar refractivity (Wildman–Crippen MR) is 141 cm³/mol. The second kappa shape index (κ2) is 11.9. The van der Waals surface area contributed by atoms with Gasteiger partial charge in [-0.2, -0.15) is 23.3 Å². The third-order valence-electron chi connectivity index (χ3n) is 5.82. The zero-order chi connectivity index (χ0) is 28.2. The number of phenols is 1. The lowest BCUT2D eigenvalue weighted by Gasteiger charge is -2.27. The molecule has 0 bridgehead atoms. The number of benzene rings is 2. The van der Waals surface area contributed by atoms with Crippen LogP contribution in [-0.4, -0.2) is 53.5 Å². The highest BCUT2D eigenvalue weighted by atomic mass is 79.9. The fraction of sp³-hybridized carbons (Fsp3) is 0.280. The number of phenolic OH excluding ortho intramolecular Hbond substituents is 1. The molecular formula is C25H23BrF4N6O3. The van der Waals surface area contributed by atoms with Crippen LogP contribution in [0.15, 0.2) is 46.1 Å². The van der Waals surface area contributed by atoms with Gasteiger partial charge in [0.1, 0.15) is 5.75 Å². The highest BCUT2D eigenvalue weighted by molar-refractivity contribution is 9.10. The number of aromatic hydroxyl groups is 1. The van der Waals surface area contributed by atoms with Gasteiger partial charge in [-0.3, -0.25) is 4.79 Å². The number of halogens is 5. The highest BCUT2D eigenvalue weighted by Gasteiger charge is 2.31. The summed E-state index contributed by atoms with van der Waals surface area (Å²) in [6, 6.07) is 5.72.